The number of aliphatic hydroxyl groups is 1. The van der Waals surface area contributed by atoms with E-state index < -0.39 is 5.60 Å². The largest absolute Gasteiger partial charge is 0.381 e. The van der Waals surface area contributed by atoms with Crippen molar-refractivity contribution in [2.75, 3.05) is 0 Å². The van der Waals surface area contributed by atoms with E-state index in [9.17, 15) is 9.90 Å². The predicted molar refractivity (Wildman–Crippen MR) is 64.4 cm³/mol. The molecule has 4 rings (SSSR count). The van der Waals surface area contributed by atoms with Crippen molar-refractivity contribution in [3.63, 3.8) is 0 Å². The molecular weight excluding hydrogens is 214 g/mol. The molecule has 2 heterocycles. The first-order valence-corrected chi connectivity index (χ1v) is 6.13. The van der Waals surface area contributed by atoms with Crippen molar-refractivity contribution in [3.8, 4) is 0 Å². The Bertz CT molecular complexity index is 454. The van der Waals surface area contributed by atoms with Crippen LogP contribution in [0.3, 0.4) is 0 Å². The van der Waals surface area contributed by atoms with Crippen LogP contribution >= 0.6 is 0 Å². The lowest BCUT2D eigenvalue weighted by molar-refractivity contribution is -0.185. The number of aryl methyl sites for hydroxylation is 1. The Kier molecular flexibility index (Phi) is 2.11. The predicted octanol–water partition coefficient (Wildman–Crippen LogP) is 1.58. The summed E-state index contributed by atoms with van der Waals surface area (Å²) in [5.74, 6) is 0.0780. The summed E-state index contributed by atoms with van der Waals surface area (Å²) in [5.41, 5.74) is 1.33. The van der Waals surface area contributed by atoms with Crippen LogP contribution < -0.4 is 0 Å². The SMILES string of the molecule is CC(=O)N1C2CCC1C2(O)c1ccc(C)cc1. The number of fused-ring (bicyclic) bond motifs is 1. The van der Waals surface area contributed by atoms with Crippen LogP contribution in [0.4, 0.5) is 0 Å². The number of amides is 1. The second-order valence-electron chi connectivity index (χ2n) is 5.23. The average molecular weight is 231 g/mol. The third-order valence-corrected chi connectivity index (χ3v) is 4.28. The molecule has 3 aliphatic rings. The van der Waals surface area contributed by atoms with Gasteiger partial charge in [0.1, 0.15) is 5.60 Å². The van der Waals surface area contributed by atoms with Crippen molar-refractivity contribution in [1.29, 1.82) is 0 Å². The van der Waals surface area contributed by atoms with Gasteiger partial charge in [-0.2, -0.15) is 0 Å². The third kappa shape index (κ3) is 1.23. The Morgan fingerprint density at radius 2 is 1.82 bits per heavy atom. The lowest BCUT2D eigenvalue weighted by Crippen LogP contribution is -2.69. The van der Waals surface area contributed by atoms with Gasteiger partial charge in [0.2, 0.25) is 5.91 Å². The molecule has 1 aromatic carbocycles. The number of benzene rings is 1. The maximum absolute atomic E-state index is 11.5. The van der Waals surface area contributed by atoms with Gasteiger partial charge in [0, 0.05) is 6.92 Å². The van der Waals surface area contributed by atoms with E-state index in [1.165, 1.54) is 5.56 Å². The molecule has 3 nitrogen and oxygen atoms in total. The molecule has 0 radical (unpaired) electrons. The van der Waals surface area contributed by atoms with Crippen molar-refractivity contribution < 1.29 is 9.90 Å². The summed E-state index contributed by atoms with van der Waals surface area (Å²) < 4.78 is 0. The minimum Gasteiger partial charge on any atom is -0.381 e. The van der Waals surface area contributed by atoms with E-state index in [0.29, 0.717) is 0 Å². The molecule has 1 amide bonds. The van der Waals surface area contributed by atoms with Gasteiger partial charge in [0.05, 0.1) is 12.1 Å². The minimum absolute atomic E-state index is 0.0206. The smallest absolute Gasteiger partial charge is 0.220 e. The molecule has 3 heteroatoms. The molecule has 1 aliphatic carbocycles. The normalized spacial score (nSPS) is 34.6. The number of rotatable bonds is 1. The Hall–Kier alpha value is -1.35. The van der Waals surface area contributed by atoms with E-state index in [2.05, 4.69) is 0 Å². The van der Waals surface area contributed by atoms with Crippen LogP contribution in [-0.4, -0.2) is 28.0 Å². The highest BCUT2D eigenvalue weighted by molar-refractivity contribution is 5.76. The summed E-state index contributed by atoms with van der Waals surface area (Å²) in [5, 5.41) is 10.8. The number of nitrogens with zero attached hydrogens (tertiary/aromatic N) is 1. The van der Waals surface area contributed by atoms with Crippen molar-refractivity contribution in [1.82, 2.24) is 4.90 Å². The zero-order chi connectivity index (χ0) is 12.2. The molecule has 1 N–H and O–H groups in total. The fraction of sp³-hybridized carbons (Fsp3) is 0.500. The van der Waals surface area contributed by atoms with E-state index >= 15 is 0 Å². The maximum Gasteiger partial charge on any atom is 0.220 e. The molecule has 90 valence electrons. The standard InChI is InChI=1S/C14H17NO2/c1-9-3-5-11(6-4-9)14(17)12-7-8-13(14)15(12)10(2)16/h3-6,12-13,17H,7-8H2,1-2H3. The zero-order valence-electron chi connectivity index (χ0n) is 10.2. The van der Waals surface area contributed by atoms with Gasteiger partial charge in [-0.25, -0.2) is 0 Å². The molecule has 1 saturated carbocycles. The zero-order valence-corrected chi connectivity index (χ0v) is 10.2. The number of hydrogen-bond donors (Lipinski definition) is 1. The summed E-state index contributed by atoms with van der Waals surface area (Å²) in [6, 6.07) is 7.96. The van der Waals surface area contributed by atoms with E-state index in [1.54, 1.807) is 6.92 Å². The van der Waals surface area contributed by atoms with E-state index in [4.69, 9.17) is 0 Å². The van der Waals surface area contributed by atoms with Gasteiger partial charge in [-0.15, -0.1) is 0 Å². The fourth-order valence-electron chi connectivity index (χ4n) is 3.46. The van der Waals surface area contributed by atoms with Gasteiger partial charge >= 0.3 is 0 Å². The molecule has 2 saturated heterocycles. The number of carbonyl (C=O) groups excluding carboxylic acids is 1. The second kappa shape index (κ2) is 3.33. The molecule has 0 spiro atoms. The van der Waals surface area contributed by atoms with Crippen LogP contribution in [-0.2, 0) is 10.4 Å². The Morgan fingerprint density at radius 1 is 1.29 bits per heavy atom. The average Bonchev–Trinajstić information content (AvgIpc) is 2.87. The second-order valence-corrected chi connectivity index (χ2v) is 5.23. The Labute approximate surface area is 101 Å². The van der Waals surface area contributed by atoms with Crippen molar-refractivity contribution >= 4 is 5.91 Å². The Balaban J connectivity index is 1.95. The lowest BCUT2D eigenvalue weighted by Gasteiger charge is -2.54. The van der Waals surface area contributed by atoms with Crippen LogP contribution in [0.2, 0.25) is 0 Å². The molecule has 0 aromatic heterocycles. The third-order valence-electron chi connectivity index (χ3n) is 4.28. The summed E-state index contributed by atoms with van der Waals surface area (Å²) in [7, 11) is 0. The van der Waals surface area contributed by atoms with E-state index in [1.807, 2.05) is 36.1 Å². The van der Waals surface area contributed by atoms with Crippen LogP contribution in [0.15, 0.2) is 24.3 Å². The minimum atomic E-state index is -0.806. The van der Waals surface area contributed by atoms with Crippen LogP contribution in [0.1, 0.15) is 30.9 Å². The monoisotopic (exact) mass is 231 g/mol. The Morgan fingerprint density at radius 3 is 2.29 bits per heavy atom. The summed E-state index contributed by atoms with van der Waals surface area (Å²) >= 11 is 0. The lowest BCUT2D eigenvalue weighted by atomic mass is 9.76. The molecule has 2 bridgehead atoms. The molecular formula is C14H17NO2. The molecule has 17 heavy (non-hydrogen) atoms. The number of carbonyl (C=O) groups is 1. The summed E-state index contributed by atoms with van der Waals surface area (Å²) in [6.45, 7) is 3.62. The fourth-order valence-corrected chi connectivity index (χ4v) is 3.46. The van der Waals surface area contributed by atoms with E-state index in [-0.39, 0.29) is 18.0 Å². The van der Waals surface area contributed by atoms with Gasteiger partial charge in [0.15, 0.2) is 0 Å². The maximum atomic E-state index is 11.5. The van der Waals surface area contributed by atoms with Crippen LogP contribution in [0.25, 0.3) is 0 Å². The van der Waals surface area contributed by atoms with Crippen molar-refractivity contribution in [3.05, 3.63) is 35.4 Å². The van der Waals surface area contributed by atoms with E-state index in [0.717, 1.165) is 18.4 Å². The molecule has 2 unspecified atom stereocenters. The summed E-state index contributed by atoms with van der Waals surface area (Å²) in [6.07, 6.45) is 1.82. The quantitative estimate of drug-likeness (QED) is 0.797. The van der Waals surface area contributed by atoms with Gasteiger partial charge in [-0.1, -0.05) is 29.8 Å². The van der Waals surface area contributed by atoms with Crippen LogP contribution in [0, 0.1) is 6.92 Å². The first-order valence-electron chi connectivity index (χ1n) is 6.13. The number of hydrogen-bond acceptors (Lipinski definition) is 2. The topological polar surface area (TPSA) is 40.5 Å². The van der Waals surface area contributed by atoms with Gasteiger partial charge in [0.25, 0.3) is 0 Å². The highest BCUT2D eigenvalue weighted by Gasteiger charge is 2.66. The van der Waals surface area contributed by atoms with Gasteiger partial charge < -0.3 is 10.0 Å². The first-order chi connectivity index (χ1) is 8.05. The van der Waals surface area contributed by atoms with Crippen molar-refractivity contribution in [2.45, 2.75) is 44.4 Å². The van der Waals surface area contributed by atoms with Gasteiger partial charge in [-0.3, -0.25) is 4.79 Å². The highest BCUT2D eigenvalue weighted by Crippen LogP contribution is 2.54. The molecule has 2 aliphatic heterocycles. The molecule has 2 atom stereocenters. The highest BCUT2D eigenvalue weighted by atomic mass is 16.3. The molecule has 3 fully saturated rings. The summed E-state index contributed by atoms with van der Waals surface area (Å²) in [4.78, 5) is 13.3. The van der Waals surface area contributed by atoms with Crippen LogP contribution in [0.5, 0.6) is 0 Å². The molecule has 1 aromatic rings. The van der Waals surface area contributed by atoms with Gasteiger partial charge in [-0.05, 0) is 25.3 Å². The first kappa shape index (κ1) is 10.8. The van der Waals surface area contributed by atoms with Crippen molar-refractivity contribution in [2.24, 2.45) is 0 Å².